The fourth-order valence-electron chi connectivity index (χ4n) is 2.61. The highest BCUT2D eigenvalue weighted by Crippen LogP contribution is 2.16. The van der Waals surface area contributed by atoms with Crippen molar-refractivity contribution >= 4 is 0 Å². The molecule has 1 aromatic carbocycles. The Kier molecular flexibility index (Phi) is 4.29. The molecular formula is C17H25N3. The van der Waals surface area contributed by atoms with Gasteiger partial charge in [-0.1, -0.05) is 12.1 Å². The first-order valence-corrected chi connectivity index (χ1v) is 7.16. The summed E-state index contributed by atoms with van der Waals surface area (Å²) in [6.07, 6.45) is 0. The van der Waals surface area contributed by atoms with Gasteiger partial charge in [-0.05, 0) is 56.9 Å². The van der Waals surface area contributed by atoms with Crippen LogP contribution in [0, 0.1) is 34.6 Å². The van der Waals surface area contributed by atoms with Crippen LogP contribution in [0.2, 0.25) is 0 Å². The monoisotopic (exact) mass is 271 g/mol. The van der Waals surface area contributed by atoms with Crippen molar-refractivity contribution in [2.24, 2.45) is 7.05 Å². The molecule has 0 fully saturated rings. The number of aromatic nitrogens is 2. The highest BCUT2D eigenvalue weighted by molar-refractivity contribution is 5.36. The number of nitrogens with one attached hydrogen (secondary N) is 1. The molecule has 3 nitrogen and oxygen atoms in total. The maximum absolute atomic E-state index is 4.46. The minimum absolute atomic E-state index is 0.873. The van der Waals surface area contributed by atoms with Gasteiger partial charge in [0.15, 0.2) is 0 Å². The van der Waals surface area contributed by atoms with Gasteiger partial charge < -0.3 is 5.32 Å². The second-order valence-corrected chi connectivity index (χ2v) is 5.74. The lowest BCUT2D eigenvalue weighted by atomic mass is 10.0. The van der Waals surface area contributed by atoms with Crippen LogP contribution in [-0.2, 0) is 20.1 Å². The van der Waals surface area contributed by atoms with E-state index in [4.69, 9.17) is 0 Å². The van der Waals surface area contributed by atoms with Crippen molar-refractivity contribution in [3.63, 3.8) is 0 Å². The molecule has 0 spiro atoms. The summed E-state index contributed by atoms with van der Waals surface area (Å²) in [5.74, 6) is 0. The quantitative estimate of drug-likeness (QED) is 0.925. The zero-order chi connectivity index (χ0) is 14.9. The smallest absolute Gasteiger partial charge is 0.0641 e. The first-order valence-electron chi connectivity index (χ1n) is 7.16. The predicted molar refractivity (Wildman–Crippen MR) is 83.9 cm³/mol. The van der Waals surface area contributed by atoms with E-state index in [2.05, 4.69) is 57.2 Å². The molecule has 3 heteroatoms. The van der Waals surface area contributed by atoms with Gasteiger partial charge in [0.25, 0.3) is 0 Å². The van der Waals surface area contributed by atoms with Crippen LogP contribution >= 0.6 is 0 Å². The topological polar surface area (TPSA) is 29.9 Å². The molecule has 1 heterocycles. The Morgan fingerprint density at radius 2 is 1.60 bits per heavy atom. The van der Waals surface area contributed by atoms with Crippen LogP contribution in [0.25, 0.3) is 0 Å². The first-order chi connectivity index (χ1) is 9.40. The largest absolute Gasteiger partial charge is 0.308 e. The first kappa shape index (κ1) is 14.8. The molecule has 0 unspecified atom stereocenters. The summed E-state index contributed by atoms with van der Waals surface area (Å²) in [4.78, 5) is 0. The third kappa shape index (κ3) is 2.93. The molecule has 2 aromatic rings. The molecule has 0 amide bonds. The second-order valence-electron chi connectivity index (χ2n) is 5.74. The molecule has 0 saturated carbocycles. The zero-order valence-electron chi connectivity index (χ0n) is 13.5. The van der Waals surface area contributed by atoms with E-state index in [1.165, 1.54) is 33.5 Å². The second kappa shape index (κ2) is 5.80. The van der Waals surface area contributed by atoms with Crippen molar-refractivity contribution in [3.8, 4) is 0 Å². The Bertz CT molecular complexity index is 624. The van der Waals surface area contributed by atoms with Crippen molar-refractivity contribution in [2.75, 3.05) is 0 Å². The highest BCUT2D eigenvalue weighted by Gasteiger charge is 2.09. The summed E-state index contributed by atoms with van der Waals surface area (Å²) in [6, 6.07) is 4.56. The number of nitrogens with zero attached hydrogens (tertiary/aromatic N) is 2. The molecule has 0 aliphatic rings. The van der Waals surface area contributed by atoms with Crippen molar-refractivity contribution in [2.45, 2.75) is 47.7 Å². The van der Waals surface area contributed by atoms with E-state index in [0.717, 1.165) is 18.8 Å². The minimum Gasteiger partial charge on any atom is -0.308 e. The van der Waals surface area contributed by atoms with Crippen LogP contribution in [0.15, 0.2) is 12.1 Å². The molecule has 108 valence electrons. The van der Waals surface area contributed by atoms with Crippen molar-refractivity contribution in [3.05, 3.63) is 51.3 Å². The van der Waals surface area contributed by atoms with Crippen LogP contribution in [-0.4, -0.2) is 9.78 Å². The average molecular weight is 271 g/mol. The number of aryl methyl sites for hydroxylation is 5. The van der Waals surface area contributed by atoms with Gasteiger partial charge in [0.1, 0.15) is 0 Å². The molecule has 0 atom stereocenters. The standard InChI is InChI=1S/C17H25N3/c1-11-7-13(3)16(8-12(11)2)9-18-10-17-14(4)19-20(6)15(17)5/h7-8,18H,9-10H2,1-6H3. The number of rotatable bonds is 4. The molecule has 1 N–H and O–H groups in total. The summed E-state index contributed by atoms with van der Waals surface area (Å²) in [6.45, 7) is 12.5. The molecule has 2 rings (SSSR count). The Hall–Kier alpha value is -1.61. The molecule has 0 aliphatic carbocycles. The molecule has 0 bridgehead atoms. The van der Waals surface area contributed by atoms with Crippen LogP contribution in [0.5, 0.6) is 0 Å². The Morgan fingerprint density at radius 1 is 0.950 bits per heavy atom. The predicted octanol–water partition coefficient (Wildman–Crippen LogP) is 3.25. The van der Waals surface area contributed by atoms with E-state index in [0.29, 0.717) is 0 Å². The lowest BCUT2D eigenvalue weighted by Gasteiger charge is -2.11. The van der Waals surface area contributed by atoms with E-state index >= 15 is 0 Å². The van der Waals surface area contributed by atoms with Gasteiger partial charge in [-0.3, -0.25) is 4.68 Å². The highest BCUT2D eigenvalue weighted by atomic mass is 15.3. The molecule has 0 aliphatic heterocycles. The van der Waals surface area contributed by atoms with E-state index in [1.807, 2.05) is 11.7 Å². The van der Waals surface area contributed by atoms with Crippen LogP contribution in [0.4, 0.5) is 0 Å². The van der Waals surface area contributed by atoms with Crippen molar-refractivity contribution in [1.29, 1.82) is 0 Å². The zero-order valence-corrected chi connectivity index (χ0v) is 13.5. The minimum atomic E-state index is 0.873. The maximum atomic E-state index is 4.46. The van der Waals surface area contributed by atoms with E-state index in [-0.39, 0.29) is 0 Å². The van der Waals surface area contributed by atoms with Crippen molar-refractivity contribution < 1.29 is 0 Å². The van der Waals surface area contributed by atoms with Crippen LogP contribution in [0.1, 0.15) is 39.2 Å². The summed E-state index contributed by atoms with van der Waals surface area (Å²) >= 11 is 0. The van der Waals surface area contributed by atoms with Gasteiger partial charge >= 0.3 is 0 Å². The Morgan fingerprint density at radius 3 is 2.20 bits per heavy atom. The fourth-order valence-corrected chi connectivity index (χ4v) is 2.61. The maximum Gasteiger partial charge on any atom is 0.0641 e. The summed E-state index contributed by atoms with van der Waals surface area (Å²) < 4.78 is 1.95. The van der Waals surface area contributed by atoms with Crippen molar-refractivity contribution in [1.82, 2.24) is 15.1 Å². The average Bonchev–Trinajstić information content (AvgIpc) is 2.61. The Labute approximate surface area is 122 Å². The molecule has 1 aromatic heterocycles. The summed E-state index contributed by atoms with van der Waals surface area (Å²) in [5, 5.41) is 8.00. The molecule has 0 radical (unpaired) electrons. The number of hydrogen-bond donors (Lipinski definition) is 1. The number of benzene rings is 1. The lowest BCUT2D eigenvalue weighted by Crippen LogP contribution is -2.15. The van der Waals surface area contributed by atoms with Gasteiger partial charge in [0.05, 0.1) is 5.69 Å². The SMILES string of the molecule is Cc1cc(C)c(CNCc2c(C)nn(C)c2C)cc1C. The van der Waals surface area contributed by atoms with Crippen LogP contribution < -0.4 is 5.32 Å². The van der Waals surface area contributed by atoms with Gasteiger partial charge in [0, 0.05) is 31.4 Å². The van der Waals surface area contributed by atoms with Gasteiger partial charge in [-0.2, -0.15) is 5.10 Å². The summed E-state index contributed by atoms with van der Waals surface area (Å²) in [5.41, 5.74) is 9.15. The number of hydrogen-bond acceptors (Lipinski definition) is 2. The van der Waals surface area contributed by atoms with Gasteiger partial charge in [-0.15, -0.1) is 0 Å². The fraction of sp³-hybridized carbons (Fsp3) is 0.471. The summed E-state index contributed by atoms with van der Waals surface area (Å²) in [7, 11) is 2.00. The molecular weight excluding hydrogens is 246 g/mol. The van der Waals surface area contributed by atoms with Crippen LogP contribution in [0.3, 0.4) is 0 Å². The van der Waals surface area contributed by atoms with Gasteiger partial charge in [-0.25, -0.2) is 0 Å². The van der Waals surface area contributed by atoms with E-state index in [1.54, 1.807) is 0 Å². The lowest BCUT2D eigenvalue weighted by molar-refractivity contribution is 0.681. The molecule has 0 saturated heterocycles. The molecule has 20 heavy (non-hydrogen) atoms. The third-order valence-electron chi connectivity index (χ3n) is 4.23. The third-order valence-corrected chi connectivity index (χ3v) is 4.23. The van der Waals surface area contributed by atoms with E-state index in [9.17, 15) is 0 Å². The van der Waals surface area contributed by atoms with E-state index < -0.39 is 0 Å². The van der Waals surface area contributed by atoms with Gasteiger partial charge in [0.2, 0.25) is 0 Å². The normalized spacial score (nSPS) is 11.1. The Balaban J connectivity index is 2.05.